The fraction of sp³-hybridized carbons (Fsp3) is 0.294. The third-order valence-electron chi connectivity index (χ3n) is 4.40. The average Bonchev–Trinajstić information content (AvgIpc) is 2.66. The Morgan fingerprint density at radius 3 is 2.34 bits per heavy atom. The van der Waals surface area contributed by atoms with Gasteiger partial charge in [0.15, 0.2) is 0 Å². The number of piperazine rings is 1. The molecule has 1 fully saturated rings. The lowest BCUT2D eigenvalue weighted by Gasteiger charge is -2.35. The molecule has 2 heterocycles. The molecule has 1 aromatic heterocycles. The number of anilines is 1. The molecule has 2 aromatic rings. The number of halogens is 5. The number of rotatable bonds is 3. The molecular weight excluding hydrogens is 436 g/mol. The lowest BCUT2D eigenvalue weighted by atomic mass is 10.1. The number of carbonyl (C=O) groups is 1. The van der Waals surface area contributed by atoms with Crippen LogP contribution in [0.5, 0.6) is 0 Å². The maximum Gasteiger partial charge on any atom is 0.417 e. The number of aromatic nitrogens is 1. The third-order valence-corrected chi connectivity index (χ3v) is 4.92. The van der Waals surface area contributed by atoms with E-state index in [4.69, 9.17) is 23.2 Å². The number of nitro groups is 1. The first-order valence-electron chi connectivity index (χ1n) is 8.29. The quantitative estimate of drug-likeness (QED) is 0.517. The zero-order chi connectivity index (χ0) is 21.3. The van der Waals surface area contributed by atoms with Crippen molar-refractivity contribution in [2.75, 3.05) is 31.1 Å². The molecule has 0 unspecified atom stereocenters. The zero-order valence-corrected chi connectivity index (χ0v) is 16.1. The van der Waals surface area contributed by atoms with Crippen molar-refractivity contribution in [3.05, 3.63) is 61.7 Å². The maximum atomic E-state index is 12.7. The molecule has 1 aromatic carbocycles. The van der Waals surface area contributed by atoms with Crippen LogP contribution >= 0.6 is 23.2 Å². The first kappa shape index (κ1) is 21.1. The SMILES string of the molecule is O=C(c1ccc(Cl)cc1[N+](=O)[O-])N1CCN(c2ncc(C(F)(F)F)cc2Cl)CC1. The Hall–Kier alpha value is -2.59. The molecule has 12 heteroatoms. The van der Waals surface area contributed by atoms with Crippen molar-refractivity contribution in [3.8, 4) is 0 Å². The van der Waals surface area contributed by atoms with Gasteiger partial charge in [0, 0.05) is 43.5 Å². The lowest BCUT2D eigenvalue weighted by molar-refractivity contribution is -0.385. The fourth-order valence-corrected chi connectivity index (χ4v) is 3.40. The molecule has 0 N–H and O–H groups in total. The minimum absolute atomic E-state index is 0.0847. The van der Waals surface area contributed by atoms with Crippen molar-refractivity contribution in [2.24, 2.45) is 0 Å². The van der Waals surface area contributed by atoms with Crippen molar-refractivity contribution >= 4 is 40.6 Å². The summed E-state index contributed by atoms with van der Waals surface area (Å²) in [6.07, 6.45) is -3.84. The summed E-state index contributed by atoms with van der Waals surface area (Å²) in [5.41, 5.74) is -1.42. The molecule has 0 aliphatic carbocycles. The van der Waals surface area contributed by atoms with Gasteiger partial charge in [0.1, 0.15) is 11.4 Å². The van der Waals surface area contributed by atoms with Gasteiger partial charge in [-0.25, -0.2) is 4.98 Å². The van der Waals surface area contributed by atoms with Gasteiger partial charge in [-0.1, -0.05) is 23.2 Å². The van der Waals surface area contributed by atoms with Gasteiger partial charge in [0.25, 0.3) is 11.6 Å². The lowest BCUT2D eigenvalue weighted by Crippen LogP contribution is -2.49. The number of hydrogen-bond acceptors (Lipinski definition) is 5. The van der Waals surface area contributed by atoms with E-state index in [2.05, 4.69) is 4.98 Å². The van der Waals surface area contributed by atoms with Crippen molar-refractivity contribution in [1.29, 1.82) is 0 Å². The summed E-state index contributed by atoms with van der Waals surface area (Å²) in [6, 6.07) is 4.60. The summed E-state index contributed by atoms with van der Waals surface area (Å²) in [6.45, 7) is 0.895. The minimum atomic E-state index is -4.55. The number of pyridine rings is 1. The van der Waals surface area contributed by atoms with E-state index < -0.39 is 28.3 Å². The van der Waals surface area contributed by atoms with E-state index in [1.807, 2.05) is 0 Å². The number of hydrogen-bond donors (Lipinski definition) is 0. The van der Waals surface area contributed by atoms with E-state index in [1.54, 1.807) is 4.90 Å². The highest BCUT2D eigenvalue weighted by Gasteiger charge is 2.33. The Morgan fingerprint density at radius 2 is 1.79 bits per heavy atom. The van der Waals surface area contributed by atoms with Gasteiger partial charge in [0.05, 0.1) is 15.5 Å². The Bertz CT molecular complexity index is 963. The smallest absolute Gasteiger partial charge is 0.352 e. The monoisotopic (exact) mass is 448 g/mol. The largest absolute Gasteiger partial charge is 0.417 e. The van der Waals surface area contributed by atoms with Crippen LogP contribution < -0.4 is 4.90 Å². The van der Waals surface area contributed by atoms with E-state index >= 15 is 0 Å². The Labute approximate surface area is 172 Å². The summed E-state index contributed by atoms with van der Waals surface area (Å²) in [7, 11) is 0. The second-order valence-corrected chi connectivity index (χ2v) is 7.07. The van der Waals surface area contributed by atoms with Gasteiger partial charge < -0.3 is 9.80 Å². The molecule has 1 saturated heterocycles. The Kier molecular flexibility index (Phi) is 5.85. The summed E-state index contributed by atoms with van der Waals surface area (Å²) < 4.78 is 38.2. The predicted octanol–water partition coefficient (Wildman–Crippen LogP) is 4.28. The minimum Gasteiger partial charge on any atom is -0.352 e. The van der Waals surface area contributed by atoms with Crippen molar-refractivity contribution < 1.29 is 22.9 Å². The molecule has 1 amide bonds. The second kappa shape index (κ2) is 8.03. The van der Waals surface area contributed by atoms with Crippen LogP contribution in [0.3, 0.4) is 0 Å². The standard InChI is InChI=1S/C17H13Cl2F3N4O3/c18-11-1-2-12(14(8-11)26(28)29)16(27)25-5-3-24(4-6-25)15-13(19)7-10(9-23-15)17(20,21)22/h1-2,7-9H,3-6H2. The van der Waals surface area contributed by atoms with Crippen molar-refractivity contribution in [1.82, 2.24) is 9.88 Å². The normalized spacial score (nSPS) is 14.8. The molecule has 154 valence electrons. The highest BCUT2D eigenvalue weighted by molar-refractivity contribution is 6.33. The van der Waals surface area contributed by atoms with Crippen LogP contribution in [-0.4, -0.2) is 46.9 Å². The highest BCUT2D eigenvalue weighted by Crippen LogP contribution is 2.34. The summed E-state index contributed by atoms with van der Waals surface area (Å²) in [5, 5.41) is 11.2. The van der Waals surface area contributed by atoms with E-state index in [0.29, 0.717) is 6.20 Å². The molecular formula is C17H13Cl2F3N4O3. The summed E-state index contributed by atoms with van der Waals surface area (Å²) in [4.78, 5) is 30.1. The summed E-state index contributed by atoms with van der Waals surface area (Å²) in [5.74, 6) is -0.344. The molecule has 0 spiro atoms. The number of benzene rings is 1. The molecule has 1 aliphatic rings. The topological polar surface area (TPSA) is 79.6 Å². The van der Waals surface area contributed by atoms with E-state index in [9.17, 15) is 28.1 Å². The Morgan fingerprint density at radius 1 is 1.14 bits per heavy atom. The first-order chi connectivity index (χ1) is 13.6. The Balaban J connectivity index is 1.73. The van der Waals surface area contributed by atoms with Gasteiger partial charge in [-0.05, 0) is 18.2 Å². The number of carbonyl (C=O) groups excluding carboxylic acids is 1. The van der Waals surface area contributed by atoms with Crippen LogP contribution in [0.1, 0.15) is 15.9 Å². The molecule has 3 rings (SSSR count). The van der Waals surface area contributed by atoms with E-state index in [0.717, 1.165) is 12.1 Å². The van der Waals surface area contributed by atoms with Gasteiger partial charge in [-0.2, -0.15) is 13.2 Å². The van der Waals surface area contributed by atoms with Crippen LogP contribution in [0.15, 0.2) is 30.5 Å². The van der Waals surface area contributed by atoms with Crippen molar-refractivity contribution in [3.63, 3.8) is 0 Å². The van der Waals surface area contributed by atoms with Crippen LogP contribution in [0.4, 0.5) is 24.7 Å². The third kappa shape index (κ3) is 4.54. The molecule has 29 heavy (non-hydrogen) atoms. The molecule has 1 aliphatic heterocycles. The van der Waals surface area contributed by atoms with Gasteiger partial charge in [-0.15, -0.1) is 0 Å². The zero-order valence-electron chi connectivity index (χ0n) is 14.6. The maximum absolute atomic E-state index is 12.7. The number of nitrogens with zero attached hydrogens (tertiary/aromatic N) is 4. The average molecular weight is 449 g/mol. The molecule has 0 radical (unpaired) electrons. The van der Waals surface area contributed by atoms with Gasteiger partial charge >= 0.3 is 6.18 Å². The van der Waals surface area contributed by atoms with Crippen molar-refractivity contribution in [2.45, 2.75) is 6.18 Å². The van der Waals surface area contributed by atoms with Gasteiger partial charge in [0.2, 0.25) is 0 Å². The fourth-order valence-electron chi connectivity index (χ4n) is 2.95. The molecule has 0 saturated carbocycles. The molecule has 7 nitrogen and oxygen atoms in total. The number of alkyl halides is 3. The van der Waals surface area contributed by atoms with Crippen LogP contribution in [0.2, 0.25) is 10.0 Å². The van der Waals surface area contributed by atoms with Gasteiger partial charge in [-0.3, -0.25) is 14.9 Å². The molecule has 0 bridgehead atoms. The second-order valence-electron chi connectivity index (χ2n) is 6.23. The first-order valence-corrected chi connectivity index (χ1v) is 9.04. The summed E-state index contributed by atoms with van der Waals surface area (Å²) >= 11 is 11.7. The van der Waals surface area contributed by atoms with Crippen LogP contribution in [0, 0.1) is 10.1 Å². The number of amides is 1. The predicted molar refractivity (Wildman–Crippen MR) is 100 cm³/mol. The number of nitro benzene ring substituents is 1. The highest BCUT2D eigenvalue weighted by atomic mass is 35.5. The molecule has 0 atom stereocenters. The van der Waals surface area contributed by atoms with Crippen LogP contribution in [0.25, 0.3) is 0 Å². The van der Waals surface area contributed by atoms with Crippen LogP contribution in [-0.2, 0) is 6.18 Å². The van der Waals surface area contributed by atoms with E-state index in [1.165, 1.54) is 17.0 Å². The van der Waals surface area contributed by atoms with E-state index in [-0.39, 0.29) is 47.6 Å².